The fraction of sp³-hybridized carbons (Fsp3) is 0.400. The van der Waals surface area contributed by atoms with Gasteiger partial charge in [-0.2, -0.15) is 0 Å². The second-order valence-corrected chi connectivity index (χ2v) is 6.86. The van der Waals surface area contributed by atoms with Gasteiger partial charge in [0, 0.05) is 48.7 Å². The van der Waals surface area contributed by atoms with Crippen molar-refractivity contribution in [1.29, 1.82) is 0 Å². The minimum Gasteiger partial charge on any atom is -0.489 e. The zero-order valence-electron chi connectivity index (χ0n) is 14.2. The van der Waals surface area contributed by atoms with Crippen LogP contribution >= 0.6 is 0 Å². The van der Waals surface area contributed by atoms with Crippen LogP contribution in [0.4, 0.5) is 0 Å². The summed E-state index contributed by atoms with van der Waals surface area (Å²) in [5.74, 6) is 0.678. The number of hydrogen-bond donors (Lipinski definition) is 1. The normalized spacial score (nSPS) is 20.4. The quantitative estimate of drug-likeness (QED) is 0.880. The second-order valence-electron chi connectivity index (χ2n) is 6.86. The molecule has 1 aromatic carbocycles. The summed E-state index contributed by atoms with van der Waals surface area (Å²) in [5.41, 5.74) is 1.65. The van der Waals surface area contributed by atoms with Gasteiger partial charge in [0.05, 0.1) is 0 Å². The SMILES string of the molecule is O=C(NC1CCN(C2CC2)C1)c1cccc(OCc2cccnc2)c1. The highest BCUT2D eigenvalue weighted by atomic mass is 16.5. The van der Waals surface area contributed by atoms with Crippen molar-refractivity contribution in [2.75, 3.05) is 13.1 Å². The number of rotatable bonds is 6. The van der Waals surface area contributed by atoms with Gasteiger partial charge in [0.25, 0.3) is 5.91 Å². The van der Waals surface area contributed by atoms with Gasteiger partial charge in [-0.15, -0.1) is 0 Å². The Labute approximate surface area is 148 Å². The highest BCUT2D eigenvalue weighted by Crippen LogP contribution is 2.29. The molecule has 5 nitrogen and oxygen atoms in total. The summed E-state index contributed by atoms with van der Waals surface area (Å²) in [5, 5.41) is 3.16. The summed E-state index contributed by atoms with van der Waals surface area (Å²) >= 11 is 0. The average Bonchev–Trinajstić information content (AvgIpc) is 3.41. The lowest BCUT2D eigenvalue weighted by Crippen LogP contribution is -2.37. The molecule has 0 spiro atoms. The van der Waals surface area contributed by atoms with Crippen molar-refractivity contribution < 1.29 is 9.53 Å². The standard InChI is InChI=1S/C20H23N3O2/c24-20(22-17-8-10-23(13-17)18-6-7-18)16-4-1-5-19(11-16)25-14-15-3-2-9-21-12-15/h1-5,9,11-12,17-18H,6-8,10,13-14H2,(H,22,24). The van der Waals surface area contributed by atoms with Crippen LogP contribution < -0.4 is 10.1 Å². The molecule has 1 aromatic heterocycles. The molecule has 1 aliphatic heterocycles. The maximum absolute atomic E-state index is 12.5. The van der Waals surface area contributed by atoms with Crippen molar-refractivity contribution in [2.24, 2.45) is 0 Å². The largest absolute Gasteiger partial charge is 0.489 e. The summed E-state index contributed by atoms with van der Waals surface area (Å²) in [7, 11) is 0. The lowest BCUT2D eigenvalue weighted by Gasteiger charge is -2.16. The third-order valence-electron chi connectivity index (χ3n) is 4.84. The minimum absolute atomic E-state index is 0.0190. The number of aromatic nitrogens is 1. The van der Waals surface area contributed by atoms with Crippen LogP contribution in [0.25, 0.3) is 0 Å². The van der Waals surface area contributed by atoms with E-state index < -0.39 is 0 Å². The summed E-state index contributed by atoms with van der Waals surface area (Å²) in [6, 6.07) is 12.2. The molecule has 2 aliphatic rings. The van der Waals surface area contributed by atoms with Crippen LogP contribution in [0.3, 0.4) is 0 Å². The summed E-state index contributed by atoms with van der Waals surface area (Å²) in [6.07, 6.45) is 7.19. The van der Waals surface area contributed by atoms with E-state index in [1.54, 1.807) is 18.5 Å². The van der Waals surface area contributed by atoms with Gasteiger partial charge < -0.3 is 10.1 Å². The Balaban J connectivity index is 1.33. The first-order chi connectivity index (χ1) is 12.3. The Kier molecular flexibility index (Phi) is 4.65. The topological polar surface area (TPSA) is 54.5 Å². The Hall–Kier alpha value is -2.40. The number of pyridine rings is 1. The van der Waals surface area contributed by atoms with E-state index in [0.29, 0.717) is 17.9 Å². The van der Waals surface area contributed by atoms with Crippen LogP contribution in [0.1, 0.15) is 35.2 Å². The van der Waals surface area contributed by atoms with Gasteiger partial charge in [-0.05, 0) is 43.5 Å². The highest BCUT2D eigenvalue weighted by Gasteiger charge is 2.34. The number of nitrogens with zero attached hydrogens (tertiary/aromatic N) is 2. The van der Waals surface area contributed by atoms with Crippen molar-refractivity contribution >= 4 is 5.91 Å². The number of likely N-dealkylation sites (tertiary alicyclic amines) is 1. The lowest BCUT2D eigenvalue weighted by atomic mass is 10.1. The molecule has 0 radical (unpaired) electrons. The maximum Gasteiger partial charge on any atom is 0.251 e. The van der Waals surface area contributed by atoms with E-state index >= 15 is 0 Å². The summed E-state index contributed by atoms with van der Waals surface area (Å²) in [4.78, 5) is 19.1. The van der Waals surface area contributed by atoms with E-state index in [1.807, 2.05) is 30.3 Å². The van der Waals surface area contributed by atoms with Crippen LogP contribution in [-0.2, 0) is 6.61 Å². The third kappa shape index (κ3) is 4.17. The van der Waals surface area contributed by atoms with Crippen molar-refractivity contribution in [2.45, 2.75) is 38.0 Å². The first-order valence-electron chi connectivity index (χ1n) is 8.94. The molecule has 4 rings (SSSR count). The fourth-order valence-corrected chi connectivity index (χ4v) is 3.32. The molecule has 2 aromatic rings. The molecule has 25 heavy (non-hydrogen) atoms. The fourth-order valence-electron chi connectivity index (χ4n) is 3.32. The van der Waals surface area contributed by atoms with Crippen LogP contribution in [0.2, 0.25) is 0 Å². The van der Waals surface area contributed by atoms with E-state index in [0.717, 1.165) is 31.1 Å². The number of hydrogen-bond acceptors (Lipinski definition) is 4. The van der Waals surface area contributed by atoms with Crippen molar-refractivity contribution in [3.05, 3.63) is 59.9 Å². The zero-order chi connectivity index (χ0) is 17.1. The number of benzene rings is 1. The molecule has 1 unspecified atom stereocenters. The van der Waals surface area contributed by atoms with Crippen molar-refractivity contribution in [3.8, 4) is 5.75 Å². The number of nitrogens with one attached hydrogen (secondary N) is 1. The van der Waals surface area contributed by atoms with Crippen molar-refractivity contribution in [3.63, 3.8) is 0 Å². The molecule has 1 atom stereocenters. The van der Waals surface area contributed by atoms with Crippen LogP contribution in [0.5, 0.6) is 5.75 Å². The van der Waals surface area contributed by atoms with Gasteiger partial charge in [-0.1, -0.05) is 12.1 Å². The summed E-state index contributed by atoms with van der Waals surface area (Å²) in [6.45, 7) is 2.52. The predicted octanol–water partition coefficient (Wildman–Crippen LogP) is 2.63. The molecule has 1 saturated carbocycles. The highest BCUT2D eigenvalue weighted by molar-refractivity contribution is 5.94. The predicted molar refractivity (Wildman–Crippen MR) is 95.5 cm³/mol. The zero-order valence-corrected chi connectivity index (χ0v) is 14.2. The Morgan fingerprint density at radius 1 is 1.24 bits per heavy atom. The van der Waals surface area contributed by atoms with Crippen molar-refractivity contribution in [1.82, 2.24) is 15.2 Å². The van der Waals surface area contributed by atoms with Crippen LogP contribution in [-0.4, -0.2) is 41.0 Å². The van der Waals surface area contributed by atoms with Gasteiger partial charge in [-0.25, -0.2) is 0 Å². The molecule has 1 saturated heterocycles. The molecule has 2 fully saturated rings. The Morgan fingerprint density at radius 2 is 2.16 bits per heavy atom. The van der Waals surface area contributed by atoms with Crippen LogP contribution in [0.15, 0.2) is 48.8 Å². The van der Waals surface area contributed by atoms with Gasteiger partial charge >= 0.3 is 0 Å². The first-order valence-corrected chi connectivity index (χ1v) is 8.94. The number of carbonyl (C=O) groups is 1. The molecular formula is C20H23N3O2. The number of carbonyl (C=O) groups excluding carboxylic acids is 1. The third-order valence-corrected chi connectivity index (χ3v) is 4.84. The molecule has 1 aliphatic carbocycles. The van der Waals surface area contributed by atoms with Gasteiger partial charge in [0.2, 0.25) is 0 Å². The van der Waals surface area contributed by atoms with Gasteiger partial charge in [-0.3, -0.25) is 14.7 Å². The van der Waals surface area contributed by atoms with E-state index in [-0.39, 0.29) is 11.9 Å². The number of ether oxygens (including phenoxy) is 1. The molecule has 2 heterocycles. The van der Waals surface area contributed by atoms with Gasteiger partial charge in [0.15, 0.2) is 0 Å². The van der Waals surface area contributed by atoms with E-state index in [1.165, 1.54) is 12.8 Å². The average molecular weight is 337 g/mol. The Bertz CT molecular complexity index is 731. The van der Waals surface area contributed by atoms with E-state index in [2.05, 4.69) is 15.2 Å². The van der Waals surface area contributed by atoms with E-state index in [4.69, 9.17) is 4.74 Å². The molecule has 1 amide bonds. The monoisotopic (exact) mass is 337 g/mol. The lowest BCUT2D eigenvalue weighted by molar-refractivity contribution is 0.0937. The smallest absolute Gasteiger partial charge is 0.251 e. The molecule has 130 valence electrons. The molecule has 5 heteroatoms. The first kappa shape index (κ1) is 16.1. The van der Waals surface area contributed by atoms with Crippen LogP contribution in [0, 0.1) is 0 Å². The van der Waals surface area contributed by atoms with E-state index in [9.17, 15) is 4.79 Å². The number of amides is 1. The maximum atomic E-state index is 12.5. The summed E-state index contributed by atoms with van der Waals surface area (Å²) < 4.78 is 5.78. The Morgan fingerprint density at radius 3 is 2.96 bits per heavy atom. The van der Waals surface area contributed by atoms with Gasteiger partial charge in [0.1, 0.15) is 12.4 Å². The second kappa shape index (κ2) is 7.23. The molecular weight excluding hydrogens is 314 g/mol. The minimum atomic E-state index is -0.0190. The molecule has 0 bridgehead atoms. The molecule has 1 N–H and O–H groups in total.